The van der Waals surface area contributed by atoms with Crippen molar-refractivity contribution in [1.82, 2.24) is 14.9 Å². The van der Waals surface area contributed by atoms with Gasteiger partial charge in [-0.15, -0.1) is 0 Å². The number of rotatable bonds is 5. The fraction of sp³-hybridized carbons (Fsp3) is 0.300. The Balaban J connectivity index is 1.30. The lowest BCUT2D eigenvalue weighted by Crippen LogP contribution is -2.49. The number of piperazine rings is 1. The number of carbonyl (C=O) groups excluding carboxylic acids is 2. The van der Waals surface area contributed by atoms with Crippen molar-refractivity contribution >= 4 is 28.6 Å². The van der Waals surface area contributed by atoms with Gasteiger partial charge in [0.15, 0.2) is 11.4 Å². The Labute approximate surface area is 160 Å². The average molecular weight is 380 g/mol. The second-order valence-corrected chi connectivity index (χ2v) is 6.70. The van der Waals surface area contributed by atoms with E-state index in [0.717, 1.165) is 18.9 Å². The van der Waals surface area contributed by atoms with Gasteiger partial charge < -0.3 is 14.2 Å². The van der Waals surface area contributed by atoms with Crippen LogP contribution in [0.25, 0.3) is 11.1 Å². The van der Waals surface area contributed by atoms with Crippen LogP contribution in [0.2, 0.25) is 0 Å². The van der Waals surface area contributed by atoms with Gasteiger partial charge in [0.25, 0.3) is 0 Å². The molecule has 0 aliphatic carbocycles. The lowest BCUT2D eigenvalue weighted by molar-refractivity contribution is -0.131. The summed E-state index contributed by atoms with van der Waals surface area (Å²) < 4.78 is 4.98. The van der Waals surface area contributed by atoms with E-state index >= 15 is 0 Å². The van der Waals surface area contributed by atoms with Crippen LogP contribution < -0.4 is 10.7 Å². The summed E-state index contributed by atoms with van der Waals surface area (Å²) in [6, 6.07) is 10.6. The fourth-order valence-electron chi connectivity index (χ4n) is 3.37. The molecule has 8 heteroatoms. The number of aromatic nitrogens is 2. The Morgan fingerprint density at radius 3 is 2.64 bits per heavy atom. The Morgan fingerprint density at radius 1 is 1.07 bits per heavy atom. The fourth-order valence-corrected chi connectivity index (χ4v) is 3.37. The molecule has 1 saturated heterocycles. The quantitative estimate of drug-likeness (QED) is 0.678. The Morgan fingerprint density at radius 2 is 1.89 bits per heavy atom. The van der Waals surface area contributed by atoms with Crippen molar-refractivity contribution in [3.05, 3.63) is 58.7 Å². The molecule has 28 heavy (non-hydrogen) atoms. The van der Waals surface area contributed by atoms with E-state index in [1.54, 1.807) is 23.2 Å². The molecule has 1 amide bonds. The summed E-state index contributed by atoms with van der Waals surface area (Å²) >= 11 is 0. The predicted octanol–water partition coefficient (Wildman–Crippen LogP) is 1.83. The van der Waals surface area contributed by atoms with Crippen LogP contribution in [0.5, 0.6) is 0 Å². The molecule has 144 valence electrons. The summed E-state index contributed by atoms with van der Waals surface area (Å²) in [7, 11) is 0. The summed E-state index contributed by atoms with van der Waals surface area (Å²) in [6.45, 7) is 2.67. The highest BCUT2D eigenvalue weighted by atomic mass is 16.4. The number of benzene rings is 1. The molecule has 1 N–H and O–H groups in total. The Hall–Kier alpha value is -3.42. The van der Waals surface area contributed by atoms with Crippen LogP contribution in [0.4, 0.5) is 5.82 Å². The molecule has 1 aliphatic heterocycles. The first-order valence-corrected chi connectivity index (χ1v) is 9.20. The molecule has 0 spiro atoms. The second-order valence-electron chi connectivity index (χ2n) is 6.70. The van der Waals surface area contributed by atoms with Gasteiger partial charge >= 0.3 is 5.76 Å². The van der Waals surface area contributed by atoms with Crippen LogP contribution in [0, 0.1) is 0 Å². The lowest BCUT2D eigenvalue weighted by atomic mass is 10.1. The number of hydrogen-bond acceptors (Lipinski definition) is 6. The van der Waals surface area contributed by atoms with Crippen LogP contribution in [0.15, 0.2) is 51.8 Å². The maximum atomic E-state index is 12.5. The van der Waals surface area contributed by atoms with Crippen LogP contribution in [0.1, 0.15) is 23.2 Å². The minimum absolute atomic E-state index is 0.0247. The molecule has 1 aliphatic rings. The summed E-state index contributed by atoms with van der Waals surface area (Å²) in [5.74, 6) is 0.186. The number of H-pyrrole nitrogens is 1. The number of Topliss-reactive ketones (excluding diaryl/α,β-unsaturated/α-hetero) is 1. The van der Waals surface area contributed by atoms with Gasteiger partial charge in [0.2, 0.25) is 5.91 Å². The number of anilines is 1. The monoisotopic (exact) mass is 380 g/mol. The molecule has 1 aromatic carbocycles. The number of pyridine rings is 1. The summed E-state index contributed by atoms with van der Waals surface area (Å²) in [4.78, 5) is 46.9. The smallest absolute Gasteiger partial charge is 0.408 e. The highest BCUT2D eigenvalue weighted by Crippen LogP contribution is 2.16. The molecule has 3 heterocycles. The number of oxazole rings is 1. The molecule has 2 aromatic heterocycles. The first-order chi connectivity index (χ1) is 13.6. The number of hydrogen-bond donors (Lipinski definition) is 1. The van der Waals surface area contributed by atoms with E-state index < -0.39 is 5.76 Å². The van der Waals surface area contributed by atoms with E-state index in [1.807, 2.05) is 18.2 Å². The van der Waals surface area contributed by atoms with E-state index in [1.165, 1.54) is 6.07 Å². The predicted molar refractivity (Wildman–Crippen MR) is 103 cm³/mol. The van der Waals surface area contributed by atoms with Gasteiger partial charge in [-0.25, -0.2) is 9.78 Å². The van der Waals surface area contributed by atoms with Gasteiger partial charge in [0, 0.05) is 50.8 Å². The number of nitrogens with one attached hydrogen (secondary N) is 1. The van der Waals surface area contributed by atoms with Crippen LogP contribution in [-0.2, 0) is 4.79 Å². The first-order valence-electron chi connectivity index (χ1n) is 9.20. The summed E-state index contributed by atoms with van der Waals surface area (Å²) in [6.07, 6.45) is 2.05. The second kappa shape index (κ2) is 7.67. The van der Waals surface area contributed by atoms with Crippen molar-refractivity contribution in [2.24, 2.45) is 0 Å². The van der Waals surface area contributed by atoms with E-state index in [2.05, 4.69) is 14.9 Å². The maximum Gasteiger partial charge on any atom is 0.417 e. The van der Waals surface area contributed by atoms with Crippen molar-refractivity contribution in [1.29, 1.82) is 0 Å². The zero-order valence-electron chi connectivity index (χ0n) is 15.3. The van der Waals surface area contributed by atoms with Crippen molar-refractivity contribution in [3.8, 4) is 0 Å². The molecule has 0 saturated carbocycles. The third-order valence-electron chi connectivity index (χ3n) is 4.91. The summed E-state index contributed by atoms with van der Waals surface area (Å²) in [5, 5.41) is 0. The van der Waals surface area contributed by atoms with Gasteiger partial charge in [-0.05, 0) is 30.3 Å². The van der Waals surface area contributed by atoms with Gasteiger partial charge in [0.05, 0.1) is 5.52 Å². The Bertz CT molecular complexity index is 1050. The molecule has 0 radical (unpaired) electrons. The molecule has 0 unspecified atom stereocenters. The van der Waals surface area contributed by atoms with E-state index in [-0.39, 0.29) is 24.5 Å². The summed E-state index contributed by atoms with van der Waals surface area (Å²) in [5.41, 5.74) is 1.32. The SMILES string of the molecule is O=C(CCC(=O)N1CCN(c2ccccn2)CC1)c1ccc2[nH]c(=O)oc2c1. The zero-order valence-corrected chi connectivity index (χ0v) is 15.3. The molecule has 4 rings (SSSR count). The number of aromatic amines is 1. The number of fused-ring (bicyclic) bond motifs is 1. The number of ketones is 1. The maximum absolute atomic E-state index is 12.5. The minimum atomic E-state index is -0.556. The molecule has 0 bridgehead atoms. The van der Waals surface area contributed by atoms with Crippen LogP contribution in [0.3, 0.4) is 0 Å². The lowest BCUT2D eigenvalue weighted by Gasteiger charge is -2.35. The van der Waals surface area contributed by atoms with Gasteiger partial charge in [-0.3, -0.25) is 14.6 Å². The third-order valence-corrected chi connectivity index (χ3v) is 4.91. The standard InChI is InChI=1S/C20H20N4O4/c25-16(14-4-5-15-17(13-14)28-20(27)22-15)6-7-19(26)24-11-9-23(10-12-24)18-3-1-2-8-21-18/h1-5,8,13H,6-7,9-12H2,(H,22,27). The van der Waals surface area contributed by atoms with E-state index in [0.29, 0.717) is 29.8 Å². The molecular weight excluding hydrogens is 360 g/mol. The Kier molecular flexibility index (Phi) is 4.92. The highest BCUT2D eigenvalue weighted by Gasteiger charge is 2.22. The molecule has 1 fully saturated rings. The normalized spacial score (nSPS) is 14.4. The third kappa shape index (κ3) is 3.80. The van der Waals surface area contributed by atoms with Crippen LogP contribution >= 0.6 is 0 Å². The highest BCUT2D eigenvalue weighted by molar-refractivity contribution is 6.00. The topological polar surface area (TPSA) is 99.5 Å². The van der Waals surface area contributed by atoms with E-state index in [9.17, 15) is 14.4 Å². The van der Waals surface area contributed by atoms with Crippen molar-refractivity contribution in [2.45, 2.75) is 12.8 Å². The largest absolute Gasteiger partial charge is 0.417 e. The van der Waals surface area contributed by atoms with Crippen molar-refractivity contribution in [3.63, 3.8) is 0 Å². The van der Waals surface area contributed by atoms with Gasteiger partial charge in [0.1, 0.15) is 5.82 Å². The molecular formula is C20H20N4O4. The zero-order chi connectivity index (χ0) is 19.5. The molecule has 3 aromatic rings. The minimum Gasteiger partial charge on any atom is -0.408 e. The van der Waals surface area contributed by atoms with Crippen molar-refractivity contribution < 1.29 is 14.0 Å². The first kappa shape index (κ1) is 18.0. The number of nitrogens with zero attached hydrogens (tertiary/aromatic N) is 3. The van der Waals surface area contributed by atoms with Crippen molar-refractivity contribution in [2.75, 3.05) is 31.1 Å². The van der Waals surface area contributed by atoms with Crippen LogP contribution in [-0.4, -0.2) is 52.7 Å². The van der Waals surface area contributed by atoms with Gasteiger partial charge in [-0.1, -0.05) is 6.07 Å². The van der Waals surface area contributed by atoms with Gasteiger partial charge in [-0.2, -0.15) is 0 Å². The molecule has 0 atom stereocenters. The van der Waals surface area contributed by atoms with E-state index in [4.69, 9.17) is 4.42 Å². The average Bonchev–Trinajstić information content (AvgIpc) is 3.11. The number of amides is 1. The number of carbonyl (C=O) groups is 2. The molecule has 8 nitrogen and oxygen atoms in total.